The molecule has 0 radical (unpaired) electrons. The summed E-state index contributed by atoms with van der Waals surface area (Å²) in [6.45, 7) is 3.68. The molecule has 1 heterocycles. The van der Waals surface area contributed by atoms with Gasteiger partial charge in [-0.1, -0.05) is 0 Å². The smallest absolute Gasteiger partial charge is 0.308 e. The van der Waals surface area contributed by atoms with Crippen molar-refractivity contribution in [2.24, 2.45) is 7.05 Å². The van der Waals surface area contributed by atoms with E-state index in [-0.39, 0.29) is 13.0 Å². The molecule has 0 aliphatic rings. The van der Waals surface area contributed by atoms with Gasteiger partial charge in [-0.25, -0.2) is 0 Å². The molecule has 1 rings (SSSR count). The van der Waals surface area contributed by atoms with Crippen LogP contribution in [-0.4, -0.2) is 38.7 Å². The average molecular weight is 242 g/mol. The minimum absolute atomic E-state index is 0.233. The van der Waals surface area contributed by atoms with E-state index in [9.17, 15) is 15.0 Å². The molecule has 2 N–H and O–H groups in total. The van der Waals surface area contributed by atoms with Crippen LogP contribution in [-0.2, 0) is 16.6 Å². The van der Waals surface area contributed by atoms with E-state index in [4.69, 9.17) is 4.74 Å². The van der Waals surface area contributed by atoms with E-state index >= 15 is 0 Å². The highest BCUT2D eigenvalue weighted by atomic mass is 16.5. The number of nitrogens with zero attached hydrogens (tertiary/aromatic N) is 2. The van der Waals surface area contributed by atoms with Crippen molar-refractivity contribution in [2.75, 3.05) is 6.61 Å². The van der Waals surface area contributed by atoms with Gasteiger partial charge >= 0.3 is 5.97 Å². The summed E-state index contributed by atoms with van der Waals surface area (Å²) in [4.78, 5) is 11.2. The lowest BCUT2D eigenvalue weighted by Crippen LogP contribution is -2.23. The van der Waals surface area contributed by atoms with E-state index in [1.807, 2.05) is 0 Å². The molecule has 0 fully saturated rings. The van der Waals surface area contributed by atoms with Gasteiger partial charge in [0.2, 0.25) is 0 Å². The molecule has 96 valence electrons. The van der Waals surface area contributed by atoms with Gasteiger partial charge in [-0.05, 0) is 13.8 Å². The number of esters is 1. The summed E-state index contributed by atoms with van der Waals surface area (Å²) >= 11 is 0. The lowest BCUT2D eigenvalue weighted by molar-refractivity contribution is -0.147. The Hall–Kier alpha value is -1.40. The third-order valence-electron chi connectivity index (χ3n) is 2.42. The molecule has 0 spiro atoms. The van der Waals surface area contributed by atoms with Gasteiger partial charge in [0.25, 0.3) is 0 Å². The second kappa shape index (κ2) is 5.79. The summed E-state index contributed by atoms with van der Waals surface area (Å²) in [5.74, 6) is -0.527. The average Bonchev–Trinajstić information content (AvgIpc) is 2.56. The first-order valence-corrected chi connectivity index (χ1v) is 5.47. The number of carbonyl (C=O) groups excluding carboxylic acids is 1. The van der Waals surface area contributed by atoms with Crippen molar-refractivity contribution in [2.45, 2.75) is 32.5 Å². The molecule has 2 atom stereocenters. The highest BCUT2D eigenvalue weighted by Crippen LogP contribution is 2.21. The quantitative estimate of drug-likeness (QED) is 0.714. The molecule has 0 aliphatic carbocycles. The van der Waals surface area contributed by atoms with E-state index in [2.05, 4.69) is 5.10 Å². The number of rotatable bonds is 5. The summed E-state index contributed by atoms with van der Waals surface area (Å²) in [5.41, 5.74) is 1.15. The van der Waals surface area contributed by atoms with E-state index in [1.54, 1.807) is 31.8 Å². The monoisotopic (exact) mass is 242 g/mol. The predicted molar refractivity (Wildman–Crippen MR) is 60.2 cm³/mol. The fourth-order valence-corrected chi connectivity index (χ4v) is 1.62. The van der Waals surface area contributed by atoms with Crippen molar-refractivity contribution in [3.63, 3.8) is 0 Å². The van der Waals surface area contributed by atoms with Gasteiger partial charge < -0.3 is 14.9 Å². The minimum Gasteiger partial charge on any atom is -0.466 e. The normalized spacial score (nSPS) is 14.4. The predicted octanol–water partition coefficient (Wildman–Crippen LogP) is 0.0760. The maximum absolute atomic E-state index is 11.2. The Morgan fingerprint density at radius 3 is 2.71 bits per heavy atom. The molecule has 0 aliphatic heterocycles. The first kappa shape index (κ1) is 13.7. The van der Waals surface area contributed by atoms with E-state index < -0.39 is 18.2 Å². The van der Waals surface area contributed by atoms with E-state index in [0.29, 0.717) is 11.3 Å². The molecular weight excluding hydrogens is 224 g/mol. The number of aromatic nitrogens is 2. The molecular formula is C11H18N2O4. The third-order valence-corrected chi connectivity index (χ3v) is 2.42. The second-order valence-corrected chi connectivity index (χ2v) is 3.86. The Kier molecular flexibility index (Phi) is 4.65. The Balaban J connectivity index is 2.66. The summed E-state index contributed by atoms with van der Waals surface area (Å²) in [6, 6.07) is 0. The molecule has 6 nitrogen and oxygen atoms in total. The van der Waals surface area contributed by atoms with Crippen LogP contribution in [0.15, 0.2) is 6.20 Å². The molecule has 6 heteroatoms. The zero-order valence-corrected chi connectivity index (χ0v) is 10.3. The lowest BCUT2D eigenvalue weighted by Gasteiger charge is -2.16. The van der Waals surface area contributed by atoms with Crippen molar-refractivity contribution in [3.8, 4) is 0 Å². The van der Waals surface area contributed by atoms with Crippen LogP contribution in [0.25, 0.3) is 0 Å². The van der Waals surface area contributed by atoms with Crippen LogP contribution >= 0.6 is 0 Å². The van der Waals surface area contributed by atoms with Gasteiger partial charge in [-0.3, -0.25) is 9.48 Å². The number of aliphatic hydroxyl groups is 2. The van der Waals surface area contributed by atoms with Crippen LogP contribution in [0.3, 0.4) is 0 Å². The number of aryl methyl sites for hydroxylation is 2. The standard InChI is InChI=1S/C11H18N2O4/c1-4-17-10(15)5-9(14)11(16)8-6-13(3)12-7(8)2/h6,9,11,14,16H,4-5H2,1-3H3. The molecule has 0 saturated carbocycles. The summed E-state index contributed by atoms with van der Waals surface area (Å²) in [7, 11) is 1.72. The summed E-state index contributed by atoms with van der Waals surface area (Å²) in [6.07, 6.45) is -0.928. The van der Waals surface area contributed by atoms with Crippen molar-refractivity contribution in [1.82, 2.24) is 9.78 Å². The third kappa shape index (κ3) is 3.54. The number of hydrogen-bond donors (Lipinski definition) is 2. The SMILES string of the molecule is CCOC(=O)CC(O)C(O)c1cn(C)nc1C. The van der Waals surface area contributed by atoms with Crippen LogP contribution in [0.2, 0.25) is 0 Å². The highest BCUT2D eigenvalue weighted by Gasteiger charge is 2.24. The lowest BCUT2D eigenvalue weighted by atomic mass is 10.0. The molecule has 0 bridgehead atoms. The van der Waals surface area contributed by atoms with Gasteiger partial charge in [0, 0.05) is 18.8 Å². The zero-order chi connectivity index (χ0) is 13.0. The highest BCUT2D eigenvalue weighted by molar-refractivity contribution is 5.70. The van der Waals surface area contributed by atoms with Crippen molar-refractivity contribution in [1.29, 1.82) is 0 Å². The van der Waals surface area contributed by atoms with Crippen LogP contribution in [0, 0.1) is 6.92 Å². The summed E-state index contributed by atoms with van der Waals surface area (Å²) in [5, 5.41) is 23.7. The first-order chi connectivity index (χ1) is 7.95. The van der Waals surface area contributed by atoms with E-state index in [1.165, 1.54) is 0 Å². The van der Waals surface area contributed by atoms with Crippen molar-refractivity contribution >= 4 is 5.97 Å². The van der Waals surface area contributed by atoms with Gasteiger partial charge in [0.05, 0.1) is 24.8 Å². The van der Waals surface area contributed by atoms with Crippen molar-refractivity contribution in [3.05, 3.63) is 17.5 Å². The number of ether oxygens (including phenoxy) is 1. The molecule has 0 aromatic carbocycles. The first-order valence-electron chi connectivity index (χ1n) is 5.47. The maximum atomic E-state index is 11.2. The molecule has 17 heavy (non-hydrogen) atoms. The summed E-state index contributed by atoms with van der Waals surface area (Å²) < 4.78 is 6.25. The van der Waals surface area contributed by atoms with Crippen LogP contribution < -0.4 is 0 Å². The second-order valence-electron chi connectivity index (χ2n) is 3.86. The number of aliphatic hydroxyl groups excluding tert-OH is 2. The van der Waals surface area contributed by atoms with Gasteiger partial charge in [-0.15, -0.1) is 0 Å². The Morgan fingerprint density at radius 2 is 2.24 bits per heavy atom. The maximum Gasteiger partial charge on any atom is 0.308 e. The van der Waals surface area contributed by atoms with Gasteiger partial charge in [0.1, 0.15) is 6.10 Å². The van der Waals surface area contributed by atoms with E-state index in [0.717, 1.165) is 0 Å². The fourth-order valence-electron chi connectivity index (χ4n) is 1.62. The largest absolute Gasteiger partial charge is 0.466 e. The Labute approximate surface area is 99.8 Å². The Bertz CT molecular complexity index is 389. The molecule has 1 aromatic rings. The van der Waals surface area contributed by atoms with Gasteiger partial charge in [-0.2, -0.15) is 5.10 Å². The molecule has 0 saturated heterocycles. The van der Waals surface area contributed by atoms with Crippen LogP contribution in [0.4, 0.5) is 0 Å². The topological polar surface area (TPSA) is 84.6 Å². The minimum atomic E-state index is -1.18. The molecule has 2 unspecified atom stereocenters. The Morgan fingerprint density at radius 1 is 1.59 bits per heavy atom. The van der Waals surface area contributed by atoms with Crippen LogP contribution in [0.1, 0.15) is 30.7 Å². The number of carbonyl (C=O) groups is 1. The fraction of sp³-hybridized carbons (Fsp3) is 0.636. The molecule has 0 amide bonds. The number of hydrogen-bond acceptors (Lipinski definition) is 5. The van der Waals surface area contributed by atoms with Crippen LogP contribution in [0.5, 0.6) is 0 Å². The van der Waals surface area contributed by atoms with Gasteiger partial charge in [0.15, 0.2) is 0 Å². The molecule has 1 aromatic heterocycles. The zero-order valence-electron chi connectivity index (χ0n) is 10.3. The van der Waals surface area contributed by atoms with Crippen molar-refractivity contribution < 1.29 is 19.7 Å².